The van der Waals surface area contributed by atoms with Gasteiger partial charge in [-0.2, -0.15) is 0 Å². The van der Waals surface area contributed by atoms with Crippen LogP contribution in [0.3, 0.4) is 0 Å². The summed E-state index contributed by atoms with van der Waals surface area (Å²) >= 11 is 0. The van der Waals surface area contributed by atoms with Crippen LogP contribution in [0.1, 0.15) is 45.4 Å². The summed E-state index contributed by atoms with van der Waals surface area (Å²) in [6.45, 7) is 1.88. The largest absolute Gasteiger partial charge is 0.469 e. The molecule has 0 radical (unpaired) electrons. The Labute approximate surface area is 102 Å². The third-order valence-corrected chi connectivity index (χ3v) is 4.29. The van der Waals surface area contributed by atoms with Crippen molar-refractivity contribution in [2.45, 2.75) is 51.0 Å². The summed E-state index contributed by atoms with van der Waals surface area (Å²) in [5.74, 6) is -0.380. The van der Waals surface area contributed by atoms with Crippen molar-refractivity contribution in [3.8, 4) is 0 Å². The first-order valence-electron chi connectivity index (χ1n) is 6.39. The van der Waals surface area contributed by atoms with Crippen LogP contribution in [0.2, 0.25) is 0 Å². The van der Waals surface area contributed by atoms with E-state index in [9.17, 15) is 9.59 Å². The van der Waals surface area contributed by atoms with Crippen LogP contribution in [0.25, 0.3) is 0 Å². The van der Waals surface area contributed by atoms with Crippen molar-refractivity contribution in [3.63, 3.8) is 0 Å². The molecule has 0 aromatic carbocycles. The fraction of sp³-hybridized carbons (Fsp3) is 0.846. The molecule has 2 fully saturated rings. The summed E-state index contributed by atoms with van der Waals surface area (Å²) in [4.78, 5) is 23.1. The molecule has 0 N–H and O–H groups in total. The minimum atomic E-state index is -0.386. The fourth-order valence-electron chi connectivity index (χ4n) is 3.37. The average Bonchev–Trinajstić information content (AvgIpc) is 2.70. The topological polar surface area (TPSA) is 52.6 Å². The normalized spacial score (nSPS) is 34.5. The van der Waals surface area contributed by atoms with Crippen LogP contribution in [0.5, 0.6) is 0 Å². The smallest absolute Gasteiger partial charge is 0.308 e. The van der Waals surface area contributed by atoms with E-state index < -0.39 is 0 Å². The SMILES string of the molecule is COC(=O)[C@@H](C)[C@@H]1CCCC[C@]12CCC(=O)O2. The number of rotatable bonds is 2. The Hall–Kier alpha value is -1.06. The van der Waals surface area contributed by atoms with Gasteiger partial charge < -0.3 is 9.47 Å². The van der Waals surface area contributed by atoms with Gasteiger partial charge in [-0.15, -0.1) is 0 Å². The molecule has 2 aliphatic rings. The molecule has 96 valence electrons. The van der Waals surface area contributed by atoms with Crippen LogP contribution >= 0.6 is 0 Å². The van der Waals surface area contributed by atoms with Crippen molar-refractivity contribution in [2.75, 3.05) is 7.11 Å². The second-order valence-corrected chi connectivity index (χ2v) is 5.20. The monoisotopic (exact) mass is 240 g/mol. The molecular weight excluding hydrogens is 220 g/mol. The highest BCUT2D eigenvalue weighted by Gasteiger charge is 2.51. The van der Waals surface area contributed by atoms with Gasteiger partial charge in [0, 0.05) is 12.3 Å². The van der Waals surface area contributed by atoms with Gasteiger partial charge >= 0.3 is 11.9 Å². The van der Waals surface area contributed by atoms with Crippen LogP contribution in [-0.2, 0) is 19.1 Å². The third-order valence-electron chi connectivity index (χ3n) is 4.29. The number of esters is 2. The highest BCUT2D eigenvalue weighted by molar-refractivity contribution is 5.74. The standard InChI is InChI=1S/C13H20O4/c1-9(12(15)16-2)10-5-3-4-7-13(10)8-6-11(14)17-13/h9-10H,3-8H2,1-2H3/t9-,10-,13-/m0/s1. The summed E-state index contributed by atoms with van der Waals surface area (Å²) in [6, 6.07) is 0. The zero-order valence-corrected chi connectivity index (χ0v) is 10.5. The number of hydrogen-bond donors (Lipinski definition) is 0. The molecule has 0 aromatic rings. The van der Waals surface area contributed by atoms with Gasteiger partial charge in [-0.3, -0.25) is 9.59 Å². The molecule has 4 heteroatoms. The molecule has 1 aliphatic carbocycles. The first-order valence-corrected chi connectivity index (χ1v) is 6.39. The Morgan fingerprint density at radius 1 is 1.47 bits per heavy atom. The second kappa shape index (κ2) is 4.67. The highest BCUT2D eigenvalue weighted by atomic mass is 16.6. The molecule has 0 aromatic heterocycles. The fourth-order valence-corrected chi connectivity index (χ4v) is 3.37. The molecule has 2 rings (SSSR count). The van der Waals surface area contributed by atoms with Crippen molar-refractivity contribution in [1.82, 2.24) is 0 Å². The zero-order chi connectivity index (χ0) is 12.5. The van der Waals surface area contributed by atoms with Crippen molar-refractivity contribution in [1.29, 1.82) is 0 Å². The Balaban J connectivity index is 2.17. The molecule has 1 spiro atoms. The number of hydrogen-bond acceptors (Lipinski definition) is 4. The van der Waals surface area contributed by atoms with Gasteiger partial charge in [-0.05, 0) is 25.7 Å². The van der Waals surface area contributed by atoms with Crippen molar-refractivity contribution < 1.29 is 19.1 Å². The number of ether oxygens (including phenoxy) is 2. The van der Waals surface area contributed by atoms with Crippen LogP contribution in [0.15, 0.2) is 0 Å². The Morgan fingerprint density at radius 2 is 2.24 bits per heavy atom. The molecule has 4 nitrogen and oxygen atoms in total. The molecule has 0 amide bonds. The Bertz CT molecular complexity index is 325. The molecule has 1 aliphatic heterocycles. The van der Waals surface area contributed by atoms with Crippen molar-refractivity contribution in [3.05, 3.63) is 0 Å². The number of carbonyl (C=O) groups is 2. The first kappa shape index (κ1) is 12.4. The molecule has 3 atom stereocenters. The van der Waals surface area contributed by atoms with Gasteiger partial charge in [-0.25, -0.2) is 0 Å². The van der Waals surface area contributed by atoms with Crippen LogP contribution in [-0.4, -0.2) is 24.6 Å². The Morgan fingerprint density at radius 3 is 2.82 bits per heavy atom. The number of methoxy groups -OCH3 is 1. The number of carbonyl (C=O) groups excluding carboxylic acids is 2. The lowest BCUT2D eigenvalue weighted by Gasteiger charge is -2.42. The van der Waals surface area contributed by atoms with Crippen LogP contribution in [0, 0.1) is 11.8 Å². The summed E-state index contributed by atoms with van der Waals surface area (Å²) in [5.41, 5.74) is -0.386. The Kier molecular flexibility index (Phi) is 3.40. The summed E-state index contributed by atoms with van der Waals surface area (Å²) in [5, 5.41) is 0. The van der Waals surface area contributed by atoms with Gasteiger partial charge in [0.25, 0.3) is 0 Å². The van der Waals surface area contributed by atoms with Gasteiger partial charge in [0.2, 0.25) is 0 Å². The van der Waals surface area contributed by atoms with E-state index in [1.54, 1.807) is 0 Å². The molecule has 0 bridgehead atoms. The van der Waals surface area contributed by atoms with E-state index in [1.165, 1.54) is 7.11 Å². The van der Waals surface area contributed by atoms with Gasteiger partial charge in [0.1, 0.15) is 5.60 Å². The van der Waals surface area contributed by atoms with Gasteiger partial charge in [-0.1, -0.05) is 13.3 Å². The van der Waals surface area contributed by atoms with Crippen LogP contribution in [0.4, 0.5) is 0 Å². The first-order chi connectivity index (χ1) is 8.09. The maximum Gasteiger partial charge on any atom is 0.308 e. The van der Waals surface area contributed by atoms with Crippen molar-refractivity contribution in [2.24, 2.45) is 11.8 Å². The average molecular weight is 240 g/mol. The lowest BCUT2D eigenvalue weighted by atomic mass is 9.68. The third kappa shape index (κ3) is 2.17. The predicted octanol–water partition coefficient (Wildman–Crippen LogP) is 2.06. The summed E-state index contributed by atoms with van der Waals surface area (Å²) in [6.07, 6.45) is 5.28. The molecule has 1 saturated heterocycles. The van der Waals surface area contributed by atoms with E-state index in [0.29, 0.717) is 6.42 Å². The quantitative estimate of drug-likeness (QED) is 0.693. The molecule has 0 unspecified atom stereocenters. The lowest BCUT2D eigenvalue weighted by Crippen LogP contribution is -2.45. The van der Waals surface area contributed by atoms with Gasteiger partial charge in [0.15, 0.2) is 0 Å². The summed E-state index contributed by atoms with van der Waals surface area (Å²) in [7, 11) is 1.41. The highest BCUT2D eigenvalue weighted by Crippen LogP contribution is 2.47. The maximum absolute atomic E-state index is 11.7. The molecule has 17 heavy (non-hydrogen) atoms. The lowest BCUT2D eigenvalue weighted by molar-refractivity contribution is -0.166. The van der Waals surface area contributed by atoms with Crippen LogP contribution < -0.4 is 0 Å². The maximum atomic E-state index is 11.7. The van der Waals surface area contributed by atoms with E-state index in [0.717, 1.165) is 32.1 Å². The predicted molar refractivity (Wildman–Crippen MR) is 61.2 cm³/mol. The zero-order valence-electron chi connectivity index (χ0n) is 10.5. The molecule has 1 saturated carbocycles. The van der Waals surface area contributed by atoms with Crippen molar-refractivity contribution >= 4 is 11.9 Å². The van der Waals surface area contributed by atoms with E-state index in [1.807, 2.05) is 6.92 Å². The molecular formula is C13H20O4. The molecule has 1 heterocycles. The van der Waals surface area contributed by atoms with E-state index in [-0.39, 0.29) is 29.4 Å². The minimum absolute atomic E-state index is 0.117. The van der Waals surface area contributed by atoms with E-state index in [4.69, 9.17) is 9.47 Å². The second-order valence-electron chi connectivity index (χ2n) is 5.20. The summed E-state index contributed by atoms with van der Waals surface area (Å²) < 4.78 is 10.4. The van der Waals surface area contributed by atoms with Gasteiger partial charge in [0.05, 0.1) is 13.0 Å². The minimum Gasteiger partial charge on any atom is -0.469 e. The van der Waals surface area contributed by atoms with E-state index in [2.05, 4.69) is 0 Å². The van der Waals surface area contributed by atoms with E-state index >= 15 is 0 Å².